The highest BCUT2D eigenvalue weighted by Crippen LogP contribution is 2.63. The van der Waals surface area contributed by atoms with Gasteiger partial charge in [0.05, 0.1) is 23.6 Å². The Morgan fingerprint density at radius 2 is 1.62 bits per heavy atom. The molecule has 26 heavy (non-hydrogen) atoms. The van der Waals surface area contributed by atoms with E-state index in [1.165, 1.54) is 0 Å². The van der Waals surface area contributed by atoms with Crippen LogP contribution < -0.4 is 19.2 Å². The Labute approximate surface area is 156 Å². The molecule has 1 saturated heterocycles. The summed E-state index contributed by atoms with van der Waals surface area (Å²) in [5.74, 6) is 0. The maximum atomic E-state index is 11.1. The Morgan fingerprint density at radius 3 is 2.35 bits per heavy atom. The fourth-order valence-corrected chi connectivity index (χ4v) is 5.47. The molecule has 0 bridgehead atoms. The van der Waals surface area contributed by atoms with Gasteiger partial charge in [0.1, 0.15) is 0 Å². The zero-order valence-corrected chi connectivity index (χ0v) is 15.5. The van der Waals surface area contributed by atoms with Crippen LogP contribution in [0.4, 0.5) is 17.1 Å². The highest BCUT2D eigenvalue weighted by molar-refractivity contribution is 8.27. The van der Waals surface area contributed by atoms with Gasteiger partial charge in [0, 0.05) is 12.6 Å². The minimum atomic E-state index is -3.13. The van der Waals surface area contributed by atoms with Crippen LogP contribution in [0.15, 0.2) is 54.6 Å². The second-order valence-electron chi connectivity index (χ2n) is 6.69. The zero-order chi connectivity index (χ0) is 18.0. The van der Waals surface area contributed by atoms with Crippen LogP contribution in [0.2, 0.25) is 0 Å². The smallest absolute Gasteiger partial charge is 0.0896 e. The van der Waals surface area contributed by atoms with E-state index in [0.717, 1.165) is 49.5 Å². The largest absolute Gasteiger partial charge is 0.317 e. The maximum absolute atomic E-state index is 11.1. The predicted molar refractivity (Wildman–Crippen MR) is 109 cm³/mol. The van der Waals surface area contributed by atoms with Crippen molar-refractivity contribution >= 4 is 28.0 Å². The van der Waals surface area contributed by atoms with Crippen LogP contribution >= 0.6 is 11.0 Å². The van der Waals surface area contributed by atoms with Gasteiger partial charge in [-0.15, -0.1) is 0 Å². The molecular weight excluding hydrogens is 348 g/mol. The van der Waals surface area contributed by atoms with Gasteiger partial charge < -0.3 is 10.6 Å². The first-order valence-electron chi connectivity index (χ1n) is 9.12. The van der Waals surface area contributed by atoms with Gasteiger partial charge in [0.2, 0.25) is 0 Å². The number of nitrogens with zero attached hydrogens (tertiary/aromatic N) is 2. The van der Waals surface area contributed by atoms with Crippen molar-refractivity contribution in [2.45, 2.75) is 18.9 Å². The Hall–Kier alpha value is -1.77. The van der Waals surface area contributed by atoms with E-state index >= 15 is 0 Å². The Kier molecular flexibility index (Phi) is 5.06. The van der Waals surface area contributed by atoms with Crippen molar-refractivity contribution in [1.82, 2.24) is 10.6 Å². The lowest BCUT2D eigenvalue weighted by atomic mass is 10.1. The molecule has 2 heterocycles. The summed E-state index contributed by atoms with van der Waals surface area (Å²) in [6, 6.07) is 17.8. The molecule has 0 aromatic heterocycles. The number of hydrogen-bond donors (Lipinski definition) is 4. The lowest BCUT2D eigenvalue weighted by molar-refractivity contribution is 0.390. The van der Waals surface area contributed by atoms with E-state index < -0.39 is 11.0 Å². The third-order valence-electron chi connectivity index (χ3n) is 4.99. The van der Waals surface area contributed by atoms with Crippen LogP contribution in [-0.2, 0) is 0 Å². The summed E-state index contributed by atoms with van der Waals surface area (Å²) >= 11 is 0. The topological polar surface area (TPSA) is 71.0 Å². The van der Waals surface area contributed by atoms with Crippen molar-refractivity contribution in [1.29, 1.82) is 0 Å². The highest BCUT2D eigenvalue weighted by atomic mass is 32.3. The standard InChI is InChI=1S/C19H26N4O2S/c24-26(25)22(15-14-21-16-10-12-20-13-11-16)18-8-4-5-9-19(18)23(26)17-6-2-1-3-7-17/h1-9,16,20-21,24-25H,10-15H2. The summed E-state index contributed by atoms with van der Waals surface area (Å²) in [5, 5.41) is 6.93. The van der Waals surface area contributed by atoms with Gasteiger partial charge in [-0.25, -0.2) is 4.31 Å². The van der Waals surface area contributed by atoms with E-state index in [4.69, 9.17) is 0 Å². The molecule has 0 atom stereocenters. The number of para-hydroxylation sites is 3. The molecule has 4 rings (SSSR count). The Balaban J connectivity index is 1.55. The molecule has 2 aromatic rings. The van der Waals surface area contributed by atoms with Crippen LogP contribution in [0.25, 0.3) is 0 Å². The van der Waals surface area contributed by atoms with Crippen LogP contribution in [0.3, 0.4) is 0 Å². The molecule has 0 aliphatic carbocycles. The molecule has 140 valence electrons. The molecule has 7 heteroatoms. The lowest BCUT2D eigenvalue weighted by Crippen LogP contribution is -2.43. The van der Waals surface area contributed by atoms with Crippen molar-refractivity contribution in [3.8, 4) is 0 Å². The average Bonchev–Trinajstić information content (AvgIpc) is 2.90. The summed E-state index contributed by atoms with van der Waals surface area (Å²) in [7, 11) is -3.13. The fraction of sp³-hybridized carbons (Fsp3) is 0.368. The van der Waals surface area contributed by atoms with E-state index in [1.54, 1.807) is 8.61 Å². The van der Waals surface area contributed by atoms with Crippen LogP contribution in [0, 0.1) is 0 Å². The number of benzene rings is 2. The van der Waals surface area contributed by atoms with Crippen LogP contribution in [0.5, 0.6) is 0 Å². The van der Waals surface area contributed by atoms with Gasteiger partial charge in [-0.3, -0.25) is 13.4 Å². The summed E-state index contributed by atoms with van der Waals surface area (Å²) in [5.41, 5.74) is 2.48. The van der Waals surface area contributed by atoms with Crippen LogP contribution in [-0.4, -0.2) is 41.3 Å². The second-order valence-corrected chi connectivity index (χ2v) is 8.47. The average molecular weight is 375 g/mol. The SMILES string of the molecule is OS1(O)N(CCNC2CCNCC2)c2ccccc2N1c1ccccc1. The van der Waals surface area contributed by atoms with E-state index in [-0.39, 0.29) is 0 Å². The zero-order valence-electron chi connectivity index (χ0n) is 14.7. The molecule has 4 N–H and O–H groups in total. The van der Waals surface area contributed by atoms with Gasteiger partial charge in [-0.2, -0.15) is 0 Å². The summed E-state index contributed by atoms with van der Waals surface area (Å²) in [6.07, 6.45) is 2.23. The molecule has 0 saturated carbocycles. The molecule has 6 nitrogen and oxygen atoms in total. The number of hydrogen-bond acceptors (Lipinski definition) is 6. The van der Waals surface area contributed by atoms with Gasteiger partial charge in [0.25, 0.3) is 0 Å². The third-order valence-corrected chi connectivity index (χ3v) is 6.86. The summed E-state index contributed by atoms with van der Waals surface area (Å²) < 4.78 is 25.6. The van der Waals surface area contributed by atoms with E-state index in [1.807, 2.05) is 54.6 Å². The lowest BCUT2D eigenvalue weighted by Gasteiger charge is -2.44. The normalized spacial score (nSPS) is 20.8. The summed E-state index contributed by atoms with van der Waals surface area (Å²) in [6.45, 7) is 3.35. The van der Waals surface area contributed by atoms with Crippen molar-refractivity contribution in [2.75, 3.05) is 34.8 Å². The monoisotopic (exact) mass is 374 g/mol. The third kappa shape index (κ3) is 3.28. The number of fused-ring (bicyclic) bond motifs is 1. The van der Waals surface area contributed by atoms with Crippen molar-refractivity contribution < 1.29 is 9.11 Å². The van der Waals surface area contributed by atoms with Crippen molar-refractivity contribution in [2.24, 2.45) is 0 Å². The van der Waals surface area contributed by atoms with Gasteiger partial charge in [-0.05, 0) is 61.2 Å². The summed E-state index contributed by atoms with van der Waals surface area (Å²) in [4.78, 5) is 0. The first-order valence-corrected chi connectivity index (χ1v) is 10.6. The molecule has 0 unspecified atom stereocenters. The fourth-order valence-electron chi connectivity index (χ4n) is 3.69. The number of rotatable bonds is 5. The number of nitrogens with one attached hydrogen (secondary N) is 2. The molecule has 0 spiro atoms. The minimum absolute atomic E-state index is 0.501. The molecule has 2 aromatic carbocycles. The number of piperidine rings is 1. The van der Waals surface area contributed by atoms with Gasteiger partial charge in [-0.1, -0.05) is 30.3 Å². The molecule has 2 aliphatic heterocycles. The van der Waals surface area contributed by atoms with E-state index in [0.29, 0.717) is 12.6 Å². The molecular formula is C19H26N4O2S. The van der Waals surface area contributed by atoms with E-state index in [2.05, 4.69) is 10.6 Å². The second kappa shape index (κ2) is 7.46. The first kappa shape index (κ1) is 17.6. The van der Waals surface area contributed by atoms with Gasteiger partial charge >= 0.3 is 0 Å². The molecule has 1 fully saturated rings. The Bertz CT molecular complexity index is 737. The molecule has 0 amide bonds. The highest BCUT2D eigenvalue weighted by Gasteiger charge is 2.41. The minimum Gasteiger partial charge on any atom is -0.317 e. The maximum Gasteiger partial charge on any atom is 0.0896 e. The number of anilines is 3. The van der Waals surface area contributed by atoms with E-state index in [9.17, 15) is 9.11 Å². The van der Waals surface area contributed by atoms with Crippen LogP contribution in [0.1, 0.15) is 12.8 Å². The van der Waals surface area contributed by atoms with Crippen molar-refractivity contribution in [3.05, 3.63) is 54.6 Å². The Morgan fingerprint density at radius 1 is 0.962 bits per heavy atom. The molecule has 0 radical (unpaired) electrons. The van der Waals surface area contributed by atoms with Crippen molar-refractivity contribution in [3.63, 3.8) is 0 Å². The van der Waals surface area contributed by atoms with Gasteiger partial charge in [0.15, 0.2) is 0 Å². The molecule has 2 aliphatic rings. The first-order chi connectivity index (χ1) is 12.7. The predicted octanol–water partition coefficient (Wildman–Crippen LogP) is 3.57. The quantitative estimate of drug-likeness (QED) is 0.641.